The zero-order valence-electron chi connectivity index (χ0n) is 12.0. The molecule has 1 saturated heterocycles. The molecule has 1 N–H and O–H groups in total. The van der Waals surface area contributed by atoms with Gasteiger partial charge in [0, 0.05) is 50.2 Å². The molecule has 1 aliphatic rings. The van der Waals surface area contributed by atoms with Crippen LogP contribution in [0, 0.1) is 5.92 Å². The fraction of sp³-hybridized carbons (Fsp3) is 0.400. The van der Waals surface area contributed by atoms with Crippen molar-refractivity contribution in [1.29, 1.82) is 0 Å². The molecule has 0 unspecified atom stereocenters. The van der Waals surface area contributed by atoms with Gasteiger partial charge in [-0.3, -0.25) is 14.5 Å². The van der Waals surface area contributed by atoms with Crippen LogP contribution in [0.1, 0.15) is 12.8 Å². The van der Waals surface area contributed by atoms with Crippen LogP contribution in [0.5, 0.6) is 0 Å². The smallest absolute Gasteiger partial charge is 0.228 e. The Kier molecular flexibility index (Phi) is 3.96. The van der Waals surface area contributed by atoms with Gasteiger partial charge in [0.2, 0.25) is 5.91 Å². The van der Waals surface area contributed by atoms with E-state index in [0.717, 1.165) is 24.1 Å². The number of carbonyl (C=O) groups excluding carboxylic acids is 1. The normalized spacial score (nSPS) is 15.9. The number of hydrogen-bond donors (Lipinski definition) is 1. The van der Waals surface area contributed by atoms with Crippen LogP contribution < -0.4 is 5.32 Å². The zero-order valence-corrected chi connectivity index (χ0v) is 12.0. The van der Waals surface area contributed by atoms with E-state index in [-0.39, 0.29) is 11.8 Å². The summed E-state index contributed by atoms with van der Waals surface area (Å²) < 4.78 is 6.96. The number of rotatable bonds is 3. The topological polar surface area (TPSA) is 69.0 Å². The van der Waals surface area contributed by atoms with Crippen molar-refractivity contribution in [3.05, 3.63) is 30.6 Å². The molecule has 21 heavy (non-hydrogen) atoms. The van der Waals surface area contributed by atoms with E-state index < -0.39 is 0 Å². The molecule has 6 nitrogen and oxygen atoms in total. The fourth-order valence-corrected chi connectivity index (χ4v) is 2.43. The van der Waals surface area contributed by atoms with Crippen molar-refractivity contribution in [3.8, 4) is 11.3 Å². The first-order valence-corrected chi connectivity index (χ1v) is 7.07. The highest BCUT2D eigenvalue weighted by atomic mass is 16.5. The second-order valence-corrected chi connectivity index (χ2v) is 5.16. The van der Waals surface area contributed by atoms with Crippen molar-refractivity contribution in [1.82, 2.24) is 14.8 Å². The van der Waals surface area contributed by atoms with Crippen molar-refractivity contribution in [3.63, 3.8) is 0 Å². The maximum Gasteiger partial charge on any atom is 0.228 e. The van der Waals surface area contributed by atoms with Crippen LogP contribution in [-0.4, -0.2) is 33.9 Å². The average Bonchev–Trinajstić information content (AvgIpc) is 2.90. The largest absolute Gasteiger partial charge is 0.381 e. The number of pyridine rings is 1. The van der Waals surface area contributed by atoms with E-state index in [9.17, 15) is 4.79 Å². The summed E-state index contributed by atoms with van der Waals surface area (Å²) in [7, 11) is 1.82. The minimum absolute atomic E-state index is 0.0236. The lowest BCUT2D eigenvalue weighted by atomic mass is 9.99. The maximum absolute atomic E-state index is 12.2. The highest BCUT2D eigenvalue weighted by Gasteiger charge is 2.22. The lowest BCUT2D eigenvalue weighted by molar-refractivity contribution is -0.122. The maximum atomic E-state index is 12.2. The summed E-state index contributed by atoms with van der Waals surface area (Å²) in [6.45, 7) is 1.31. The van der Waals surface area contributed by atoms with Gasteiger partial charge >= 0.3 is 0 Å². The molecule has 3 heterocycles. The Morgan fingerprint density at radius 3 is 2.95 bits per heavy atom. The highest BCUT2D eigenvalue weighted by molar-refractivity contribution is 5.92. The molecule has 0 aromatic carbocycles. The van der Waals surface area contributed by atoms with Crippen molar-refractivity contribution in [2.75, 3.05) is 18.5 Å². The van der Waals surface area contributed by atoms with Crippen molar-refractivity contribution in [2.45, 2.75) is 12.8 Å². The van der Waals surface area contributed by atoms with Gasteiger partial charge in [-0.05, 0) is 25.0 Å². The Hall–Kier alpha value is -2.21. The Bertz CT molecular complexity index is 618. The standard InChI is InChI=1S/C15H18N4O2/c1-19-14(17-15(20)11-4-7-21-8-5-11)9-13(18-19)12-3-2-6-16-10-12/h2-3,6,9-11H,4-5,7-8H2,1H3,(H,17,20). The van der Waals surface area contributed by atoms with Gasteiger partial charge in [0.1, 0.15) is 5.82 Å². The Morgan fingerprint density at radius 2 is 2.24 bits per heavy atom. The predicted molar refractivity (Wildman–Crippen MR) is 78.6 cm³/mol. The van der Waals surface area contributed by atoms with Gasteiger partial charge in [0.05, 0.1) is 5.69 Å². The molecule has 0 radical (unpaired) electrons. The SMILES string of the molecule is Cn1nc(-c2cccnc2)cc1NC(=O)C1CCOCC1. The van der Waals surface area contributed by atoms with Gasteiger partial charge in [-0.2, -0.15) is 5.10 Å². The van der Waals surface area contributed by atoms with Crippen LogP contribution in [0.15, 0.2) is 30.6 Å². The molecule has 0 bridgehead atoms. The summed E-state index contributed by atoms with van der Waals surface area (Å²) in [4.78, 5) is 16.3. The fourth-order valence-electron chi connectivity index (χ4n) is 2.43. The van der Waals surface area contributed by atoms with Gasteiger partial charge in [-0.15, -0.1) is 0 Å². The van der Waals surface area contributed by atoms with Crippen molar-refractivity contribution < 1.29 is 9.53 Å². The molecule has 1 fully saturated rings. The third kappa shape index (κ3) is 3.11. The van der Waals surface area contributed by atoms with Crippen LogP contribution in [-0.2, 0) is 16.6 Å². The molecule has 0 aliphatic carbocycles. The minimum atomic E-state index is 0.0236. The van der Waals surface area contributed by atoms with E-state index in [0.29, 0.717) is 19.0 Å². The second kappa shape index (κ2) is 6.05. The Morgan fingerprint density at radius 1 is 1.43 bits per heavy atom. The van der Waals surface area contributed by atoms with Crippen molar-refractivity contribution >= 4 is 11.7 Å². The summed E-state index contributed by atoms with van der Waals surface area (Å²) in [5.74, 6) is 0.764. The first-order valence-electron chi connectivity index (χ1n) is 7.07. The summed E-state index contributed by atoms with van der Waals surface area (Å²) in [6, 6.07) is 5.68. The summed E-state index contributed by atoms with van der Waals surface area (Å²) in [6.07, 6.45) is 5.03. The molecule has 0 spiro atoms. The molecule has 2 aromatic heterocycles. The van der Waals surface area contributed by atoms with E-state index in [1.807, 2.05) is 25.2 Å². The average molecular weight is 286 g/mol. The van der Waals surface area contributed by atoms with E-state index in [2.05, 4.69) is 15.4 Å². The molecule has 1 aliphatic heterocycles. The highest BCUT2D eigenvalue weighted by Crippen LogP contribution is 2.22. The number of ether oxygens (including phenoxy) is 1. The van der Waals surface area contributed by atoms with Crippen molar-refractivity contribution in [2.24, 2.45) is 13.0 Å². The van der Waals surface area contributed by atoms with Crippen LogP contribution in [0.25, 0.3) is 11.3 Å². The van der Waals surface area contributed by atoms with Crippen LogP contribution in [0.2, 0.25) is 0 Å². The van der Waals surface area contributed by atoms with Gasteiger partial charge in [0.25, 0.3) is 0 Å². The number of aryl methyl sites for hydroxylation is 1. The van der Waals surface area contributed by atoms with Gasteiger partial charge in [-0.1, -0.05) is 0 Å². The van der Waals surface area contributed by atoms with Crippen LogP contribution in [0.4, 0.5) is 5.82 Å². The molecule has 0 atom stereocenters. The Labute approximate surface area is 123 Å². The van der Waals surface area contributed by atoms with Crippen LogP contribution >= 0.6 is 0 Å². The number of nitrogens with one attached hydrogen (secondary N) is 1. The molecule has 110 valence electrons. The number of carbonyl (C=O) groups is 1. The first kappa shape index (κ1) is 13.8. The van der Waals surface area contributed by atoms with E-state index in [4.69, 9.17) is 4.74 Å². The summed E-state index contributed by atoms with van der Waals surface area (Å²) in [5, 5.41) is 7.37. The summed E-state index contributed by atoms with van der Waals surface area (Å²) >= 11 is 0. The first-order chi connectivity index (χ1) is 10.2. The third-order valence-electron chi connectivity index (χ3n) is 3.68. The van der Waals surface area contributed by atoms with Gasteiger partial charge in [0.15, 0.2) is 0 Å². The number of aromatic nitrogens is 3. The number of hydrogen-bond acceptors (Lipinski definition) is 4. The molecule has 6 heteroatoms. The minimum Gasteiger partial charge on any atom is -0.381 e. The van der Waals surface area contributed by atoms with E-state index in [1.165, 1.54) is 0 Å². The van der Waals surface area contributed by atoms with Gasteiger partial charge in [-0.25, -0.2) is 0 Å². The van der Waals surface area contributed by atoms with Crippen LogP contribution in [0.3, 0.4) is 0 Å². The zero-order chi connectivity index (χ0) is 14.7. The number of anilines is 1. The molecule has 1 amide bonds. The van der Waals surface area contributed by atoms with E-state index in [1.54, 1.807) is 17.1 Å². The monoisotopic (exact) mass is 286 g/mol. The van der Waals surface area contributed by atoms with E-state index >= 15 is 0 Å². The number of nitrogens with zero attached hydrogens (tertiary/aromatic N) is 3. The molecule has 0 saturated carbocycles. The Balaban J connectivity index is 1.74. The molecule has 3 rings (SSSR count). The number of amides is 1. The quantitative estimate of drug-likeness (QED) is 0.935. The second-order valence-electron chi connectivity index (χ2n) is 5.16. The third-order valence-corrected chi connectivity index (χ3v) is 3.68. The summed E-state index contributed by atoms with van der Waals surface area (Å²) in [5.41, 5.74) is 1.73. The molecular formula is C15H18N4O2. The predicted octanol–water partition coefficient (Wildman–Crippen LogP) is 1.85. The molecular weight excluding hydrogens is 268 g/mol. The lowest BCUT2D eigenvalue weighted by Gasteiger charge is -2.21. The molecule has 2 aromatic rings. The lowest BCUT2D eigenvalue weighted by Crippen LogP contribution is -2.29. The van der Waals surface area contributed by atoms with Gasteiger partial charge < -0.3 is 10.1 Å².